The van der Waals surface area contributed by atoms with E-state index in [9.17, 15) is 0 Å². The maximum Gasteiger partial charge on any atom is 0.105 e. The van der Waals surface area contributed by atoms with E-state index in [2.05, 4.69) is 12.2 Å². The Morgan fingerprint density at radius 1 is 1.62 bits per heavy atom. The Kier molecular flexibility index (Phi) is 3.66. The number of hydrogen-bond donors (Lipinski definition) is 2. The van der Waals surface area contributed by atoms with Crippen molar-refractivity contribution in [3.63, 3.8) is 0 Å². The normalized spacial score (nSPS) is 29.8. The van der Waals surface area contributed by atoms with Crippen LogP contribution in [0.2, 0.25) is 0 Å². The van der Waals surface area contributed by atoms with E-state index in [0.717, 1.165) is 25.3 Å². The number of rotatable bonds is 5. The number of nitrogens with one attached hydrogen (secondary N) is 1. The van der Waals surface area contributed by atoms with Crippen LogP contribution in [0.4, 0.5) is 0 Å². The first-order valence-electron chi connectivity index (χ1n) is 6.19. The fraction of sp³-hybridized carbons (Fsp3) is 0.692. The van der Waals surface area contributed by atoms with Crippen molar-refractivity contribution in [3.05, 3.63) is 24.2 Å². The molecule has 0 radical (unpaired) electrons. The van der Waals surface area contributed by atoms with Crippen LogP contribution in [-0.4, -0.2) is 19.1 Å². The molecule has 0 amide bonds. The van der Waals surface area contributed by atoms with Gasteiger partial charge in [-0.05, 0) is 30.4 Å². The highest BCUT2D eigenvalue weighted by Crippen LogP contribution is 2.35. The first kappa shape index (κ1) is 11.7. The predicted octanol–water partition coefficient (Wildman–Crippen LogP) is 1.93. The Labute approximate surface area is 97.4 Å². The maximum absolute atomic E-state index is 6.13. The van der Waals surface area contributed by atoms with E-state index in [4.69, 9.17) is 10.2 Å². The smallest absolute Gasteiger partial charge is 0.105 e. The average Bonchev–Trinajstić information content (AvgIpc) is 2.86. The van der Waals surface area contributed by atoms with Gasteiger partial charge < -0.3 is 15.5 Å². The van der Waals surface area contributed by atoms with Gasteiger partial charge in [-0.2, -0.15) is 0 Å². The van der Waals surface area contributed by atoms with Crippen molar-refractivity contribution in [2.24, 2.45) is 11.1 Å². The Hall–Kier alpha value is -0.800. The maximum atomic E-state index is 6.13. The van der Waals surface area contributed by atoms with Crippen LogP contribution < -0.4 is 11.1 Å². The van der Waals surface area contributed by atoms with E-state index in [0.29, 0.717) is 11.5 Å². The molecule has 2 rings (SSSR count). The lowest BCUT2D eigenvalue weighted by molar-refractivity contribution is 0.278. The summed E-state index contributed by atoms with van der Waals surface area (Å²) < 4.78 is 5.29. The molecule has 3 nitrogen and oxygen atoms in total. The molecule has 1 aliphatic carbocycles. The van der Waals surface area contributed by atoms with Crippen molar-refractivity contribution in [2.45, 2.75) is 38.6 Å². The molecule has 1 fully saturated rings. The van der Waals surface area contributed by atoms with Crippen LogP contribution in [0.5, 0.6) is 0 Å². The molecule has 1 heterocycles. The Morgan fingerprint density at radius 3 is 3.12 bits per heavy atom. The fourth-order valence-electron chi connectivity index (χ4n) is 2.52. The fourth-order valence-corrected chi connectivity index (χ4v) is 2.52. The van der Waals surface area contributed by atoms with Gasteiger partial charge in [-0.1, -0.05) is 13.3 Å². The summed E-state index contributed by atoms with van der Waals surface area (Å²) in [5.74, 6) is 1.05. The molecule has 0 bridgehead atoms. The van der Waals surface area contributed by atoms with Gasteiger partial charge in [0.2, 0.25) is 0 Å². The molecule has 2 atom stereocenters. The predicted molar refractivity (Wildman–Crippen MR) is 65.2 cm³/mol. The number of furan rings is 1. The summed E-state index contributed by atoms with van der Waals surface area (Å²) in [6, 6.07) is 4.32. The molecule has 2 unspecified atom stereocenters. The van der Waals surface area contributed by atoms with Crippen LogP contribution in [0.25, 0.3) is 0 Å². The molecule has 0 spiro atoms. The van der Waals surface area contributed by atoms with Gasteiger partial charge in [0.1, 0.15) is 5.76 Å². The minimum atomic E-state index is 0.295. The lowest BCUT2D eigenvalue weighted by atomic mass is 9.85. The molecule has 3 N–H and O–H groups in total. The molecular formula is C13H22N2O. The summed E-state index contributed by atoms with van der Waals surface area (Å²) >= 11 is 0. The van der Waals surface area contributed by atoms with E-state index in [1.165, 1.54) is 19.3 Å². The van der Waals surface area contributed by atoms with Crippen molar-refractivity contribution in [3.8, 4) is 0 Å². The van der Waals surface area contributed by atoms with E-state index < -0.39 is 0 Å². The van der Waals surface area contributed by atoms with Gasteiger partial charge in [0, 0.05) is 25.6 Å². The summed E-state index contributed by atoms with van der Waals surface area (Å²) in [5, 5.41) is 3.50. The first-order valence-corrected chi connectivity index (χ1v) is 6.19. The zero-order chi connectivity index (χ0) is 11.4. The van der Waals surface area contributed by atoms with Gasteiger partial charge in [0.15, 0.2) is 0 Å². The molecule has 1 saturated carbocycles. The van der Waals surface area contributed by atoms with E-state index >= 15 is 0 Å². The SMILES string of the molecule is CC1(CNCCc2ccco2)CCCC1N. The van der Waals surface area contributed by atoms with Crippen molar-refractivity contribution in [1.82, 2.24) is 5.32 Å². The lowest BCUT2D eigenvalue weighted by Crippen LogP contribution is -2.42. The summed E-state index contributed by atoms with van der Waals surface area (Å²) in [6.07, 6.45) is 6.39. The zero-order valence-electron chi connectivity index (χ0n) is 10.0. The van der Waals surface area contributed by atoms with Crippen LogP contribution in [0.1, 0.15) is 31.9 Å². The average molecular weight is 222 g/mol. The third-order valence-electron chi connectivity index (χ3n) is 3.82. The molecule has 3 heteroatoms. The van der Waals surface area contributed by atoms with Crippen LogP contribution in [0.3, 0.4) is 0 Å². The number of hydrogen-bond acceptors (Lipinski definition) is 3. The molecule has 16 heavy (non-hydrogen) atoms. The topological polar surface area (TPSA) is 51.2 Å². The van der Waals surface area contributed by atoms with Gasteiger partial charge in [0.25, 0.3) is 0 Å². The molecule has 0 aromatic carbocycles. The molecule has 1 aliphatic rings. The van der Waals surface area contributed by atoms with Gasteiger partial charge >= 0.3 is 0 Å². The molecule has 1 aromatic heterocycles. The second kappa shape index (κ2) is 5.02. The molecule has 0 saturated heterocycles. The first-order chi connectivity index (χ1) is 7.71. The minimum absolute atomic E-state index is 0.295. The standard InChI is InChI=1S/C13H22N2O/c1-13(7-2-5-12(13)14)10-15-8-6-11-4-3-9-16-11/h3-4,9,12,15H,2,5-8,10,14H2,1H3. The van der Waals surface area contributed by atoms with E-state index in [-0.39, 0.29) is 0 Å². The molecule has 90 valence electrons. The summed E-state index contributed by atoms with van der Waals surface area (Å²) in [7, 11) is 0. The van der Waals surface area contributed by atoms with Crippen LogP contribution >= 0.6 is 0 Å². The van der Waals surface area contributed by atoms with Crippen molar-refractivity contribution >= 4 is 0 Å². The van der Waals surface area contributed by atoms with Gasteiger partial charge in [0.05, 0.1) is 6.26 Å². The Balaban J connectivity index is 1.68. The van der Waals surface area contributed by atoms with Crippen LogP contribution in [0, 0.1) is 5.41 Å². The van der Waals surface area contributed by atoms with E-state index in [1.54, 1.807) is 6.26 Å². The highest BCUT2D eigenvalue weighted by Gasteiger charge is 2.35. The summed E-state index contributed by atoms with van der Waals surface area (Å²) in [5.41, 5.74) is 6.43. The van der Waals surface area contributed by atoms with Gasteiger partial charge in [-0.25, -0.2) is 0 Å². The van der Waals surface area contributed by atoms with Crippen molar-refractivity contribution in [1.29, 1.82) is 0 Å². The Morgan fingerprint density at radius 2 is 2.50 bits per heavy atom. The summed E-state index contributed by atoms with van der Waals surface area (Å²) in [6.45, 7) is 4.29. The number of nitrogens with two attached hydrogens (primary N) is 1. The molecule has 1 aromatic rings. The highest BCUT2D eigenvalue weighted by molar-refractivity contribution is 4.99. The Bertz CT molecular complexity index is 310. The molecule has 0 aliphatic heterocycles. The van der Waals surface area contributed by atoms with E-state index in [1.807, 2.05) is 12.1 Å². The van der Waals surface area contributed by atoms with Crippen molar-refractivity contribution < 1.29 is 4.42 Å². The third-order valence-corrected chi connectivity index (χ3v) is 3.82. The third kappa shape index (κ3) is 2.66. The van der Waals surface area contributed by atoms with Crippen LogP contribution in [0.15, 0.2) is 22.8 Å². The monoisotopic (exact) mass is 222 g/mol. The summed E-state index contributed by atoms with van der Waals surface area (Å²) in [4.78, 5) is 0. The highest BCUT2D eigenvalue weighted by atomic mass is 16.3. The lowest BCUT2D eigenvalue weighted by Gasteiger charge is -2.29. The van der Waals surface area contributed by atoms with Crippen molar-refractivity contribution in [2.75, 3.05) is 13.1 Å². The largest absolute Gasteiger partial charge is 0.469 e. The second-order valence-corrected chi connectivity index (χ2v) is 5.16. The van der Waals surface area contributed by atoms with Gasteiger partial charge in [-0.15, -0.1) is 0 Å². The van der Waals surface area contributed by atoms with Gasteiger partial charge in [-0.3, -0.25) is 0 Å². The second-order valence-electron chi connectivity index (χ2n) is 5.16. The quantitative estimate of drug-likeness (QED) is 0.748. The van der Waals surface area contributed by atoms with Crippen LogP contribution in [-0.2, 0) is 6.42 Å². The molecular weight excluding hydrogens is 200 g/mol. The minimum Gasteiger partial charge on any atom is -0.469 e. The zero-order valence-corrected chi connectivity index (χ0v) is 10.0.